The summed E-state index contributed by atoms with van der Waals surface area (Å²) >= 11 is 0. The Morgan fingerprint density at radius 3 is 2.76 bits per heavy atom. The normalized spacial score (nSPS) is 25.8. The molecule has 1 aromatic rings. The molecule has 4 N–H and O–H groups in total. The second kappa shape index (κ2) is 6.53. The number of amides is 1. The highest BCUT2D eigenvalue weighted by molar-refractivity contribution is 5.90. The van der Waals surface area contributed by atoms with E-state index in [1.165, 1.54) is 0 Å². The van der Waals surface area contributed by atoms with Crippen LogP contribution in [-0.4, -0.2) is 46.4 Å². The number of nitrogens with zero attached hydrogens (tertiary/aromatic N) is 2. The quantitative estimate of drug-likeness (QED) is 0.669. The summed E-state index contributed by atoms with van der Waals surface area (Å²) in [7, 11) is 0. The fourth-order valence-electron chi connectivity index (χ4n) is 2.64. The highest BCUT2D eigenvalue weighted by Crippen LogP contribution is 2.37. The molecule has 1 aromatic heterocycles. The van der Waals surface area contributed by atoms with Crippen molar-refractivity contribution in [3.63, 3.8) is 0 Å². The zero-order chi connectivity index (χ0) is 14.7. The number of carbonyl (C=O) groups excluding carboxylic acids is 1. The average molecular weight is 293 g/mol. The van der Waals surface area contributed by atoms with Gasteiger partial charge in [-0.1, -0.05) is 0 Å². The van der Waals surface area contributed by atoms with Gasteiger partial charge in [-0.2, -0.15) is 0 Å². The highest BCUT2D eigenvalue weighted by atomic mass is 16.5. The lowest BCUT2D eigenvalue weighted by molar-refractivity contribution is 0.0267. The van der Waals surface area contributed by atoms with Gasteiger partial charge in [0.2, 0.25) is 5.82 Å². The Hall–Kier alpha value is -1.47. The van der Waals surface area contributed by atoms with Gasteiger partial charge in [0.1, 0.15) is 5.82 Å². The largest absolute Gasteiger partial charge is 0.376 e. The number of H-pyrrole nitrogens is 1. The van der Waals surface area contributed by atoms with Gasteiger partial charge in [-0.3, -0.25) is 9.89 Å². The van der Waals surface area contributed by atoms with Gasteiger partial charge in [0.25, 0.3) is 5.91 Å². The summed E-state index contributed by atoms with van der Waals surface area (Å²) in [5, 5.41) is 9.57. The van der Waals surface area contributed by atoms with E-state index in [2.05, 4.69) is 20.5 Å². The third-order valence-corrected chi connectivity index (χ3v) is 4.13. The molecule has 0 aliphatic heterocycles. The lowest BCUT2D eigenvalue weighted by Gasteiger charge is -2.26. The van der Waals surface area contributed by atoms with Crippen molar-refractivity contribution in [3.8, 4) is 0 Å². The molecule has 2 fully saturated rings. The molecule has 0 radical (unpaired) electrons. The van der Waals surface area contributed by atoms with Gasteiger partial charge >= 0.3 is 0 Å². The van der Waals surface area contributed by atoms with Gasteiger partial charge < -0.3 is 15.8 Å². The van der Waals surface area contributed by atoms with Crippen LogP contribution in [-0.2, 0) is 4.74 Å². The monoisotopic (exact) mass is 293 g/mol. The Labute approximate surface area is 124 Å². The summed E-state index contributed by atoms with van der Waals surface area (Å²) in [4.78, 5) is 16.1. The van der Waals surface area contributed by atoms with E-state index in [9.17, 15) is 4.79 Å². The van der Waals surface area contributed by atoms with Crippen molar-refractivity contribution in [2.24, 2.45) is 5.73 Å². The van der Waals surface area contributed by atoms with E-state index < -0.39 is 0 Å². The number of ether oxygens (including phenoxy) is 1. The maximum absolute atomic E-state index is 11.9. The van der Waals surface area contributed by atoms with E-state index in [4.69, 9.17) is 10.5 Å². The zero-order valence-corrected chi connectivity index (χ0v) is 12.2. The topological polar surface area (TPSA) is 106 Å². The van der Waals surface area contributed by atoms with Crippen LogP contribution in [0, 0.1) is 0 Å². The molecular formula is C14H23N5O2. The number of nitrogens with one attached hydrogen (secondary N) is 2. The Balaban J connectivity index is 1.33. The summed E-state index contributed by atoms with van der Waals surface area (Å²) in [5.74, 6) is 1.28. The van der Waals surface area contributed by atoms with Gasteiger partial charge in [0.05, 0.1) is 12.7 Å². The average Bonchev–Trinajstić information content (AvgIpc) is 3.22. The van der Waals surface area contributed by atoms with Crippen LogP contribution >= 0.6 is 0 Å². The van der Waals surface area contributed by atoms with Crippen LogP contribution in [0.15, 0.2) is 0 Å². The summed E-state index contributed by atoms with van der Waals surface area (Å²) < 4.78 is 5.75. The first-order valence-corrected chi connectivity index (χ1v) is 7.80. The Morgan fingerprint density at radius 1 is 1.29 bits per heavy atom. The molecule has 7 heteroatoms. The number of carbonyl (C=O) groups is 1. The first kappa shape index (κ1) is 14.5. The van der Waals surface area contributed by atoms with Crippen LogP contribution in [0.4, 0.5) is 0 Å². The lowest BCUT2D eigenvalue weighted by Crippen LogP contribution is -2.33. The van der Waals surface area contributed by atoms with Crippen molar-refractivity contribution in [1.82, 2.24) is 20.5 Å². The molecule has 2 saturated carbocycles. The van der Waals surface area contributed by atoms with E-state index in [-0.39, 0.29) is 17.8 Å². The minimum Gasteiger partial charge on any atom is -0.376 e. The van der Waals surface area contributed by atoms with Crippen LogP contribution in [0.2, 0.25) is 0 Å². The molecule has 2 aliphatic carbocycles. The van der Waals surface area contributed by atoms with Crippen LogP contribution in [0.25, 0.3) is 0 Å². The van der Waals surface area contributed by atoms with E-state index in [0.29, 0.717) is 25.1 Å². The lowest BCUT2D eigenvalue weighted by atomic mass is 9.94. The smallest absolute Gasteiger partial charge is 0.291 e. The number of hydrogen-bond donors (Lipinski definition) is 3. The number of aromatic amines is 1. The standard InChI is InChI=1S/C14H23N5O2/c15-10-3-5-11(6-4-10)21-8-7-16-14(20)13-17-12(18-19-13)9-1-2-9/h9-11H,1-8,15H2,(H,16,20)(H,17,18,19). The second-order valence-corrected chi connectivity index (χ2v) is 5.98. The molecule has 0 saturated heterocycles. The maximum atomic E-state index is 11.9. The number of nitrogens with two attached hydrogens (primary N) is 1. The third-order valence-electron chi connectivity index (χ3n) is 4.13. The molecule has 1 heterocycles. The number of aromatic nitrogens is 3. The first-order chi connectivity index (χ1) is 10.2. The molecule has 0 spiro atoms. The minimum atomic E-state index is -0.243. The molecule has 0 aromatic carbocycles. The van der Waals surface area contributed by atoms with Crippen LogP contribution in [0.3, 0.4) is 0 Å². The maximum Gasteiger partial charge on any atom is 0.291 e. The zero-order valence-electron chi connectivity index (χ0n) is 12.2. The Bertz CT molecular complexity index is 477. The van der Waals surface area contributed by atoms with Crippen molar-refractivity contribution >= 4 is 5.91 Å². The van der Waals surface area contributed by atoms with Crippen molar-refractivity contribution < 1.29 is 9.53 Å². The summed E-state index contributed by atoms with van der Waals surface area (Å²) in [6, 6.07) is 0.330. The molecular weight excluding hydrogens is 270 g/mol. The fourth-order valence-corrected chi connectivity index (χ4v) is 2.64. The van der Waals surface area contributed by atoms with Crippen molar-refractivity contribution in [2.75, 3.05) is 13.2 Å². The summed E-state index contributed by atoms with van der Waals surface area (Å²) in [6.07, 6.45) is 6.63. The molecule has 7 nitrogen and oxygen atoms in total. The minimum absolute atomic E-state index is 0.223. The number of hydrogen-bond acceptors (Lipinski definition) is 5. The third kappa shape index (κ3) is 4.01. The van der Waals surface area contributed by atoms with Gasteiger partial charge in [0.15, 0.2) is 0 Å². The van der Waals surface area contributed by atoms with Crippen molar-refractivity contribution in [2.45, 2.75) is 56.6 Å². The predicted molar refractivity (Wildman–Crippen MR) is 76.9 cm³/mol. The molecule has 0 atom stereocenters. The van der Waals surface area contributed by atoms with Gasteiger partial charge in [-0.25, -0.2) is 4.98 Å². The SMILES string of the molecule is NC1CCC(OCCNC(=O)c2n[nH]c(C3CC3)n2)CC1. The van der Waals surface area contributed by atoms with E-state index in [1.54, 1.807) is 0 Å². The van der Waals surface area contributed by atoms with Crippen LogP contribution < -0.4 is 11.1 Å². The van der Waals surface area contributed by atoms with Gasteiger partial charge in [-0.15, -0.1) is 5.10 Å². The van der Waals surface area contributed by atoms with E-state index in [0.717, 1.165) is 44.3 Å². The summed E-state index contributed by atoms with van der Waals surface area (Å²) in [5.41, 5.74) is 5.85. The molecule has 0 bridgehead atoms. The van der Waals surface area contributed by atoms with Crippen LogP contribution in [0.5, 0.6) is 0 Å². The molecule has 116 valence electrons. The van der Waals surface area contributed by atoms with E-state index in [1.807, 2.05) is 0 Å². The van der Waals surface area contributed by atoms with Gasteiger partial charge in [0, 0.05) is 18.5 Å². The van der Waals surface area contributed by atoms with Crippen molar-refractivity contribution in [3.05, 3.63) is 11.6 Å². The molecule has 0 unspecified atom stereocenters. The first-order valence-electron chi connectivity index (χ1n) is 7.80. The van der Waals surface area contributed by atoms with Crippen molar-refractivity contribution in [1.29, 1.82) is 0 Å². The van der Waals surface area contributed by atoms with Gasteiger partial charge in [-0.05, 0) is 38.5 Å². The molecule has 21 heavy (non-hydrogen) atoms. The fraction of sp³-hybridized carbons (Fsp3) is 0.786. The molecule has 1 amide bonds. The van der Waals surface area contributed by atoms with Crippen LogP contribution in [0.1, 0.15) is 60.9 Å². The van der Waals surface area contributed by atoms with E-state index >= 15 is 0 Å². The Morgan fingerprint density at radius 2 is 2.05 bits per heavy atom. The number of rotatable bonds is 6. The second-order valence-electron chi connectivity index (χ2n) is 5.98. The highest BCUT2D eigenvalue weighted by Gasteiger charge is 2.28. The Kier molecular flexibility index (Phi) is 4.50. The molecule has 3 rings (SSSR count). The molecule has 2 aliphatic rings. The summed E-state index contributed by atoms with van der Waals surface area (Å²) in [6.45, 7) is 1.00. The predicted octanol–water partition coefficient (Wildman–Crippen LogP) is 0.698.